The number of benzene rings is 1. The van der Waals surface area contributed by atoms with E-state index < -0.39 is 0 Å². The first-order valence-electron chi connectivity index (χ1n) is 10.00. The van der Waals surface area contributed by atoms with Crippen LogP contribution in [0.2, 0.25) is 0 Å². The number of morpholine rings is 2. The number of hydrogen-bond donors (Lipinski definition) is 0. The number of ether oxygens (including phenoxy) is 2. The average Bonchev–Trinajstić information content (AvgIpc) is 3.13. The second-order valence-corrected chi connectivity index (χ2v) is 8.03. The summed E-state index contributed by atoms with van der Waals surface area (Å²) < 4.78 is 11.6. The van der Waals surface area contributed by atoms with Gasteiger partial charge in [0.15, 0.2) is 0 Å². The third-order valence-corrected chi connectivity index (χ3v) is 6.14. The first kappa shape index (κ1) is 18.0. The molecule has 1 aliphatic carbocycles. The van der Waals surface area contributed by atoms with Gasteiger partial charge in [-0.15, -0.1) is 0 Å². The monoisotopic (exact) mass is 358 g/mol. The van der Waals surface area contributed by atoms with Gasteiger partial charge in [0.2, 0.25) is 0 Å². The lowest BCUT2D eigenvalue weighted by molar-refractivity contribution is -0.115. The Labute approximate surface area is 156 Å². The van der Waals surface area contributed by atoms with Crippen molar-refractivity contribution in [1.82, 2.24) is 9.80 Å². The number of nitrogens with zero attached hydrogens (tertiary/aromatic N) is 2. The topological polar surface area (TPSA) is 42.0 Å². The van der Waals surface area contributed by atoms with Crippen LogP contribution in [0.3, 0.4) is 0 Å². The molecule has 5 heteroatoms. The zero-order chi connectivity index (χ0) is 18.0. The maximum absolute atomic E-state index is 13.4. The van der Waals surface area contributed by atoms with Crippen molar-refractivity contribution in [3.05, 3.63) is 35.4 Å². The fourth-order valence-corrected chi connectivity index (χ4v) is 4.51. The van der Waals surface area contributed by atoms with Crippen molar-refractivity contribution in [2.75, 3.05) is 39.5 Å². The van der Waals surface area contributed by atoms with Gasteiger partial charge >= 0.3 is 0 Å². The van der Waals surface area contributed by atoms with Gasteiger partial charge < -0.3 is 14.4 Å². The van der Waals surface area contributed by atoms with Crippen LogP contribution in [0.25, 0.3) is 0 Å². The lowest BCUT2D eigenvalue weighted by Crippen LogP contribution is -2.56. The van der Waals surface area contributed by atoms with Crippen LogP contribution < -0.4 is 0 Å². The summed E-state index contributed by atoms with van der Waals surface area (Å²) >= 11 is 0. The molecule has 0 N–H and O–H groups in total. The summed E-state index contributed by atoms with van der Waals surface area (Å²) in [7, 11) is 0. The summed E-state index contributed by atoms with van der Waals surface area (Å²) in [5, 5.41) is 0. The summed E-state index contributed by atoms with van der Waals surface area (Å²) in [4.78, 5) is 17.9. The summed E-state index contributed by atoms with van der Waals surface area (Å²) in [6.45, 7) is 7.72. The fraction of sp³-hybridized carbons (Fsp3) is 0.667. The minimum absolute atomic E-state index is 0.0959. The average molecular weight is 358 g/mol. The molecule has 1 aromatic carbocycles. The molecule has 2 heterocycles. The Morgan fingerprint density at radius 1 is 1.19 bits per heavy atom. The van der Waals surface area contributed by atoms with Crippen molar-refractivity contribution < 1.29 is 14.3 Å². The molecule has 26 heavy (non-hydrogen) atoms. The molecule has 1 unspecified atom stereocenters. The minimum atomic E-state index is -0.0959. The van der Waals surface area contributed by atoms with Crippen molar-refractivity contribution >= 4 is 5.91 Å². The highest BCUT2D eigenvalue weighted by Gasteiger charge is 2.43. The van der Waals surface area contributed by atoms with Crippen molar-refractivity contribution in [2.45, 2.75) is 50.8 Å². The van der Waals surface area contributed by atoms with Crippen molar-refractivity contribution in [2.24, 2.45) is 0 Å². The first-order valence-corrected chi connectivity index (χ1v) is 10.00. The van der Waals surface area contributed by atoms with Gasteiger partial charge in [-0.1, -0.05) is 31.0 Å². The Bertz CT molecular complexity index is 636. The van der Waals surface area contributed by atoms with E-state index in [1.54, 1.807) is 0 Å². The van der Waals surface area contributed by atoms with E-state index in [-0.39, 0.29) is 17.6 Å². The Morgan fingerprint density at radius 3 is 2.69 bits per heavy atom. The predicted octanol–water partition coefficient (Wildman–Crippen LogP) is 2.69. The van der Waals surface area contributed by atoms with Crippen LogP contribution in [0.15, 0.2) is 24.3 Å². The highest BCUT2D eigenvalue weighted by atomic mass is 16.5. The molecule has 3 fully saturated rings. The van der Waals surface area contributed by atoms with Gasteiger partial charge in [0, 0.05) is 25.2 Å². The van der Waals surface area contributed by atoms with Gasteiger partial charge in [-0.05, 0) is 31.4 Å². The van der Waals surface area contributed by atoms with Gasteiger partial charge in [-0.3, -0.25) is 9.69 Å². The summed E-state index contributed by atoms with van der Waals surface area (Å²) in [6.07, 6.45) is 4.59. The Morgan fingerprint density at radius 2 is 1.92 bits per heavy atom. The highest BCUT2D eigenvalue weighted by Crippen LogP contribution is 2.37. The number of carbonyl (C=O) groups is 1. The van der Waals surface area contributed by atoms with Crippen LogP contribution >= 0.6 is 0 Å². The van der Waals surface area contributed by atoms with Gasteiger partial charge in [0.25, 0.3) is 5.91 Å². The van der Waals surface area contributed by atoms with E-state index >= 15 is 0 Å². The van der Waals surface area contributed by atoms with E-state index in [0.717, 1.165) is 63.4 Å². The first-order chi connectivity index (χ1) is 12.7. The van der Waals surface area contributed by atoms with E-state index in [0.29, 0.717) is 6.61 Å². The van der Waals surface area contributed by atoms with Gasteiger partial charge in [-0.2, -0.15) is 0 Å². The quantitative estimate of drug-likeness (QED) is 0.833. The van der Waals surface area contributed by atoms with Crippen LogP contribution in [0.4, 0.5) is 0 Å². The predicted molar refractivity (Wildman–Crippen MR) is 100 cm³/mol. The summed E-state index contributed by atoms with van der Waals surface area (Å²) in [5.74, 6) is 0.163. The molecule has 2 aliphatic heterocycles. The molecule has 1 atom stereocenters. The molecule has 1 amide bonds. The molecule has 3 aliphatic rings. The van der Waals surface area contributed by atoms with Gasteiger partial charge in [-0.25, -0.2) is 0 Å². The van der Waals surface area contributed by atoms with Crippen LogP contribution in [0.5, 0.6) is 0 Å². The maximum Gasteiger partial charge on any atom is 0.254 e. The molecule has 0 aromatic heterocycles. The van der Waals surface area contributed by atoms with Crippen molar-refractivity contribution in [3.63, 3.8) is 0 Å². The molecule has 1 saturated carbocycles. The Kier molecular flexibility index (Phi) is 5.30. The van der Waals surface area contributed by atoms with Crippen LogP contribution in [0.1, 0.15) is 48.5 Å². The lowest BCUT2D eigenvalue weighted by atomic mass is 9.96. The fourth-order valence-electron chi connectivity index (χ4n) is 4.51. The van der Waals surface area contributed by atoms with Gasteiger partial charge in [0.1, 0.15) is 0 Å². The van der Waals surface area contributed by atoms with E-state index in [4.69, 9.17) is 9.47 Å². The minimum Gasteiger partial charge on any atom is -0.379 e. The highest BCUT2D eigenvalue weighted by molar-refractivity contribution is 5.96. The summed E-state index contributed by atoms with van der Waals surface area (Å²) in [5.41, 5.74) is 1.88. The molecular formula is C21H30N2O3. The van der Waals surface area contributed by atoms with Crippen molar-refractivity contribution in [1.29, 1.82) is 0 Å². The number of hydrogen-bond acceptors (Lipinski definition) is 4. The number of rotatable bonds is 3. The largest absolute Gasteiger partial charge is 0.379 e. The SMILES string of the molecule is CC1COC2(CCCC2)CN1C(=O)c1ccccc1CN1CCOCC1. The van der Waals surface area contributed by atoms with E-state index in [1.165, 1.54) is 12.8 Å². The van der Waals surface area contributed by atoms with Crippen molar-refractivity contribution in [3.8, 4) is 0 Å². The number of carbonyl (C=O) groups excluding carboxylic acids is 1. The van der Waals surface area contributed by atoms with Gasteiger partial charge in [0.05, 0.1) is 38.0 Å². The second kappa shape index (κ2) is 7.67. The smallest absolute Gasteiger partial charge is 0.254 e. The zero-order valence-electron chi connectivity index (χ0n) is 15.8. The maximum atomic E-state index is 13.4. The molecule has 1 aromatic rings. The van der Waals surface area contributed by atoms with E-state index in [9.17, 15) is 4.79 Å². The molecule has 142 valence electrons. The second-order valence-electron chi connectivity index (χ2n) is 8.03. The molecular weight excluding hydrogens is 328 g/mol. The third kappa shape index (κ3) is 3.66. The Hall–Kier alpha value is -1.43. The number of amides is 1. The standard InChI is InChI=1S/C21H30N2O3/c1-17-15-26-21(8-4-5-9-21)16-23(17)20(24)19-7-3-2-6-18(19)14-22-10-12-25-13-11-22/h2-3,6-7,17H,4-5,8-16H2,1H3. The molecule has 2 saturated heterocycles. The molecule has 1 spiro atoms. The van der Waals surface area contributed by atoms with Crippen LogP contribution in [-0.4, -0.2) is 66.8 Å². The third-order valence-electron chi connectivity index (χ3n) is 6.14. The Balaban J connectivity index is 1.53. The molecule has 4 rings (SSSR count). The lowest BCUT2D eigenvalue weighted by Gasteiger charge is -2.44. The molecule has 0 radical (unpaired) electrons. The normalized spacial score (nSPS) is 26.3. The van der Waals surface area contributed by atoms with E-state index in [2.05, 4.69) is 22.8 Å². The molecule has 5 nitrogen and oxygen atoms in total. The zero-order valence-corrected chi connectivity index (χ0v) is 15.8. The summed E-state index contributed by atoms with van der Waals surface area (Å²) in [6, 6.07) is 8.23. The molecule has 0 bridgehead atoms. The van der Waals surface area contributed by atoms with Crippen LogP contribution in [0, 0.1) is 0 Å². The van der Waals surface area contributed by atoms with Crippen LogP contribution in [-0.2, 0) is 16.0 Å². The van der Waals surface area contributed by atoms with E-state index in [1.807, 2.05) is 18.2 Å².